The SMILES string of the molecule is Cn1cncc1C(=O)Nc1ccc(F)cc1C#N. The van der Waals surface area contributed by atoms with Crippen LogP contribution in [0.5, 0.6) is 0 Å². The highest BCUT2D eigenvalue weighted by atomic mass is 19.1. The Balaban J connectivity index is 2.28. The van der Waals surface area contributed by atoms with Crippen molar-refractivity contribution in [3.8, 4) is 6.07 Å². The van der Waals surface area contributed by atoms with E-state index in [1.165, 1.54) is 24.7 Å². The lowest BCUT2D eigenvalue weighted by atomic mass is 10.2. The van der Waals surface area contributed by atoms with Crippen LogP contribution in [0.4, 0.5) is 10.1 Å². The summed E-state index contributed by atoms with van der Waals surface area (Å²) in [6, 6.07) is 5.42. The second-order valence-corrected chi connectivity index (χ2v) is 3.65. The van der Waals surface area contributed by atoms with E-state index in [0.29, 0.717) is 5.69 Å². The van der Waals surface area contributed by atoms with Gasteiger partial charge in [0.25, 0.3) is 5.91 Å². The van der Waals surface area contributed by atoms with Crippen molar-refractivity contribution in [3.05, 3.63) is 47.8 Å². The second kappa shape index (κ2) is 4.67. The molecule has 0 atom stereocenters. The van der Waals surface area contributed by atoms with Gasteiger partial charge in [-0.2, -0.15) is 5.26 Å². The summed E-state index contributed by atoms with van der Waals surface area (Å²) in [5.41, 5.74) is 0.693. The predicted molar refractivity (Wildman–Crippen MR) is 62.3 cm³/mol. The van der Waals surface area contributed by atoms with Gasteiger partial charge in [-0.1, -0.05) is 0 Å². The van der Waals surface area contributed by atoms with Gasteiger partial charge in [-0.15, -0.1) is 0 Å². The van der Waals surface area contributed by atoms with E-state index in [-0.39, 0.29) is 11.3 Å². The number of imidazole rings is 1. The molecule has 1 aromatic carbocycles. The molecule has 0 radical (unpaired) electrons. The predicted octanol–water partition coefficient (Wildman–Crippen LogP) is 1.68. The highest BCUT2D eigenvalue weighted by Gasteiger charge is 2.12. The minimum atomic E-state index is -0.523. The van der Waals surface area contributed by atoms with Crippen LogP contribution in [0.25, 0.3) is 0 Å². The van der Waals surface area contributed by atoms with Crippen LogP contribution >= 0.6 is 0 Å². The molecule has 1 N–H and O–H groups in total. The molecule has 0 aliphatic carbocycles. The quantitative estimate of drug-likeness (QED) is 0.873. The maximum Gasteiger partial charge on any atom is 0.273 e. The Kier molecular flexibility index (Phi) is 3.06. The molecule has 5 nitrogen and oxygen atoms in total. The van der Waals surface area contributed by atoms with Gasteiger partial charge in [0.2, 0.25) is 0 Å². The third-order valence-electron chi connectivity index (χ3n) is 2.40. The van der Waals surface area contributed by atoms with E-state index in [1.54, 1.807) is 11.6 Å². The third-order valence-corrected chi connectivity index (χ3v) is 2.40. The standard InChI is InChI=1S/C12H9FN4O/c1-17-7-15-6-11(17)12(18)16-10-3-2-9(13)4-8(10)5-14/h2-4,6-7H,1H3,(H,16,18). The van der Waals surface area contributed by atoms with Crippen LogP contribution in [0, 0.1) is 17.1 Å². The van der Waals surface area contributed by atoms with Gasteiger partial charge in [0.05, 0.1) is 23.8 Å². The van der Waals surface area contributed by atoms with Crippen LogP contribution in [0.15, 0.2) is 30.7 Å². The van der Waals surface area contributed by atoms with Crippen LogP contribution in [-0.4, -0.2) is 15.5 Å². The summed E-state index contributed by atoms with van der Waals surface area (Å²) in [6.07, 6.45) is 2.90. The van der Waals surface area contributed by atoms with Crippen molar-refractivity contribution < 1.29 is 9.18 Å². The average molecular weight is 244 g/mol. The first-order valence-electron chi connectivity index (χ1n) is 5.09. The average Bonchev–Trinajstić information content (AvgIpc) is 2.77. The van der Waals surface area contributed by atoms with E-state index in [2.05, 4.69) is 10.3 Å². The first-order valence-corrected chi connectivity index (χ1v) is 5.09. The van der Waals surface area contributed by atoms with Crippen LogP contribution in [0.3, 0.4) is 0 Å². The largest absolute Gasteiger partial charge is 0.330 e. The topological polar surface area (TPSA) is 70.7 Å². The first kappa shape index (κ1) is 11.8. The van der Waals surface area contributed by atoms with Crippen LogP contribution in [-0.2, 0) is 7.05 Å². The van der Waals surface area contributed by atoms with E-state index in [4.69, 9.17) is 5.26 Å². The molecule has 6 heteroatoms. The molecule has 2 rings (SSSR count). The number of benzene rings is 1. The summed E-state index contributed by atoms with van der Waals surface area (Å²) < 4.78 is 14.5. The Hall–Kier alpha value is -2.68. The summed E-state index contributed by atoms with van der Waals surface area (Å²) in [6.45, 7) is 0. The lowest BCUT2D eigenvalue weighted by molar-refractivity contribution is 0.101. The molecule has 2 aromatic rings. The number of aromatic nitrogens is 2. The van der Waals surface area contributed by atoms with Gasteiger partial charge in [-0.05, 0) is 18.2 Å². The van der Waals surface area contributed by atoms with E-state index in [1.807, 2.05) is 6.07 Å². The monoisotopic (exact) mass is 244 g/mol. The summed E-state index contributed by atoms with van der Waals surface area (Å²) in [4.78, 5) is 15.7. The fraction of sp³-hybridized carbons (Fsp3) is 0.0833. The second-order valence-electron chi connectivity index (χ2n) is 3.65. The molecular weight excluding hydrogens is 235 g/mol. The molecule has 90 valence electrons. The number of carbonyl (C=O) groups is 1. The lowest BCUT2D eigenvalue weighted by Gasteiger charge is -2.07. The Bertz CT molecular complexity index is 642. The molecule has 18 heavy (non-hydrogen) atoms. The van der Waals surface area contributed by atoms with E-state index >= 15 is 0 Å². The fourth-order valence-corrected chi connectivity index (χ4v) is 1.48. The van der Waals surface area contributed by atoms with Gasteiger partial charge in [0.1, 0.15) is 17.6 Å². The highest BCUT2D eigenvalue weighted by Crippen LogP contribution is 2.16. The van der Waals surface area contributed by atoms with Gasteiger partial charge in [-0.25, -0.2) is 9.37 Å². The van der Waals surface area contributed by atoms with Gasteiger partial charge in [-0.3, -0.25) is 4.79 Å². The van der Waals surface area contributed by atoms with Crippen molar-refractivity contribution in [1.82, 2.24) is 9.55 Å². The third kappa shape index (κ3) is 2.20. The lowest BCUT2D eigenvalue weighted by Crippen LogP contribution is -2.16. The van der Waals surface area contributed by atoms with Crippen molar-refractivity contribution in [3.63, 3.8) is 0 Å². The van der Waals surface area contributed by atoms with Gasteiger partial charge in [0.15, 0.2) is 0 Å². The molecule has 0 aliphatic rings. The molecule has 1 amide bonds. The molecule has 0 saturated carbocycles. The van der Waals surface area contributed by atoms with E-state index < -0.39 is 11.7 Å². The summed E-state index contributed by atoms with van der Waals surface area (Å²) in [5.74, 6) is -0.928. The highest BCUT2D eigenvalue weighted by molar-refractivity contribution is 6.03. The number of amides is 1. The Morgan fingerprint density at radius 3 is 2.94 bits per heavy atom. The minimum absolute atomic E-state index is 0.0746. The van der Waals surface area contributed by atoms with Crippen molar-refractivity contribution in [2.75, 3.05) is 5.32 Å². The molecule has 1 aromatic heterocycles. The van der Waals surface area contributed by atoms with Crippen LogP contribution in [0.1, 0.15) is 16.1 Å². The normalized spacial score (nSPS) is 9.83. The number of halogens is 1. The number of anilines is 1. The van der Waals surface area contributed by atoms with Crippen LogP contribution in [0.2, 0.25) is 0 Å². The number of nitriles is 1. The molecule has 0 spiro atoms. The number of nitrogens with zero attached hydrogens (tertiary/aromatic N) is 3. The van der Waals surface area contributed by atoms with E-state index in [0.717, 1.165) is 6.07 Å². The molecule has 0 fully saturated rings. The number of hydrogen-bond acceptors (Lipinski definition) is 3. The number of carbonyl (C=O) groups excluding carboxylic acids is 1. The number of nitrogens with one attached hydrogen (secondary N) is 1. The van der Waals surface area contributed by atoms with E-state index in [9.17, 15) is 9.18 Å². The zero-order valence-corrected chi connectivity index (χ0v) is 9.51. The molecule has 1 heterocycles. The van der Waals surface area contributed by atoms with Crippen molar-refractivity contribution in [2.24, 2.45) is 7.05 Å². The minimum Gasteiger partial charge on any atom is -0.330 e. The number of hydrogen-bond donors (Lipinski definition) is 1. The molecule has 0 unspecified atom stereocenters. The molecule has 0 bridgehead atoms. The fourth-order valence-electron chi connectivity index (χ4n) is 1.48. The maximum absolute atomic E-state index is 12.9. The Morgan fingerprint density at radius 1 is 1.56 bits per heavy atom. The maximum atomic E-state index is 12.9. The molecule has 0 saturated heterocycles. The summed E-state index contributed by atoms with van der Waals surface area (Å²) >= 11 is 0. The van der Waals surface area contributed by atoms with Crippen LogP contribution < -0.4 is 5.32 Å². The number of rotatable bonds is 2. The smallest absolute Gasteiger partial charge is 0.273 e. The zero-order chi connectivity index (χ0) is 13.1. The summed E-state index contributed by atoms with van der Waals surface area (Å²) in [5, 5.41) is 11.4. The van der Waals surface area contributed by atoms with Crippen molar-refractivity contribution in [1.29, 1.82) is 5.26 Å². The Morgan fingerprint density at radius 2 is 2.33 bits per heavy atom. The van der Waals surface area contributed by atoms with Crippen molar-refractivity contribution in [2.45, 2.75) is 0 Å². The molecular formula is C12H9FN4O. The number of aryl methyl sites for hydroxylation is 1. The zero-order valence-electron chi connectivity index (χ0n) is 9.51. The summed E-state index contributed by atoms with van der Waals surface area (Å²) in [7, 11) is 1.68. The van der Waals surface area contributed by atoms with Gasteiger partial charge >= 0.3 is 0 Å². The van der Waals surface area contributed by atoms with Gasteiger partial charge in [0, 0.05) is 7.05 Å². The van der Waals surface area contributed by atoms with Gasteiger partial charge < -0.3 is 9.88 Å². The Labute approximate surface area is 102 Å². The molecule has 0 aliphatic heterocycles. The van der Waals surface area contributed by atoms with Crippen molar-refractivity contribution >= 4 is 11.6 Å². The first-order chi connectivity index (χ1) is 8.61.